The van der Waals surface area contributed by atoms with Crippen molar-refractivity contribution in [3.8, 4) is 0 Å². The number of nitrogens with zero attached hydrogens (tertiary/aromatic N) is 2. The van der Waals surface area contributed by atoms with Gasteiger partial charge in [0.1, 0.15) is 15.5 Å². The third kappa shape index (κ3) is 3.85. The minimum atomic E-state index is -1.01. The number of carboxylic acids is 1. The van der Waals surface area contributed by atoms with Crippen molar-refractivity contribution in [2.45, 2.75) is 6.54 Å². The zero-order valence-electron chi connectivity index (χ0n) is 14.4. The summed E-state index contributed by atoms with van der Waals surface area (Å²) in [5.74, 6) is -0.885. The molecule has 0 aliphatic carbocycles. The Labute approximate surface area is 158 Å². The van der Waals surface area contributed by atoms with Crippen LogP contribution in [0, 0.1) is 0 Å². The first-order valence-corrected chi connectivity index (χ1v) is 9.33. The van der Waals surface area contributed by atoms with E-state index in [4.69, 9.17) is 9.84 Å². The molecule has 2 aromatic heterocycles. The van der Waals surface area contributed by atoms with Gasteiger partial charge in [0.05, 0.1) is 18.6 Å². The molecule has 1 saturated heterocycles. The van der Waals surface area contributed by atoms with Crippen molar-refractivity contribution in [1.29, 1.82) is 0 Å². The number of morpholine rings is 1. The van der Waals surface area contributed by atoms with E-state index in [-0.39, 0.29) is 10.8 Å². The van der Waals surface area contributed by atoms with Crippen LogP contribution in [-0.2, 0) is 11.3 Å². The van der Waals surface area contributed by atoms with Gasteiger partial charge in [0.2, 0.25) is 0 Å². The van der Waals surface area contributed by atoms with E-state index in [1.165, 1.54) is 6.07 Å². The van der Waals surface area contributed by atoms with Gasteiger partial charge in [0.25, 0.3) is 5.91 Å². The molecule has 1 aliphatic rings. The number of thiophene rings is 1. The minimum Gasteiger partial charge on any atom is -0.477 e. The van der Waals surface area contributed by atoms with Crippen molar-refractivity contribution in [3.63, 3.8) is 0 Å². The Morgan fingerprint density at radius 1 is 1.26 bits per heavy atom. The maximum atomic E-state index is 12.5. The Balaban J connectivity index is 1.44. The Morgan fingerprint density at radius 3 is 2.70 bits per heavy atom. The van der Waals surface area contributed by atoms with E-state index in [1.54, 1.807) is 12.1 Å². The van der Waals surface area contributed by atoms with Gasteiger partial charge in [-0.1, -0.05) is 12.1 Å². The van der Waals surface area contributed by atoms with Crippen molar-refractivity contribution >= 4 is 39.2 Å². The summed E-state index contributed by atoms with van der Waals surface area (Å²) in [6, 6.07) is 8.97. The minimum absolute atomic E-state index is 0.185. The number of nitrogens with one attached hydrogen (secondary N) is 2. The molecule has 1 aliphatic heterocycles. The lowest BCUT2D eigenvalue weighted by molar-refractivity contribution is 0.0342. The lowest BCUT2D eigenvalue weighted by Crippen LogP contribution is -2.35. The van der Waals surface area contributed by atoms with Gasteiger partial charge in [-0.05, 0) is 23.8 Å². The summed E-state index contributed by atoms with van der Waals surface area (Å²) in [5, 5.41) is 19.2. The molecule has 0 bridgehead atoms. The van der Waals surface area contributed by atoms with Gasteiger partial charge in [0, 0.05) is 25.2 Å². The first-order chi connectivity index (χ1) is 13.1. The number of aromatic amines is 1. The van der Waals surface area contributed by atoms with Crippen LogP contribution in [0.5, 0.6) is 0 Å². The summed E-state index contributed by atoms with van der Waals surface area (Å²) in [5.41, 5.74) is 1.67. The standard InChI is InChI=1S/C18H18N4O4S/c23-16(19-15-13-9-14(18(24)25)27-17(13)21-20-15)12-3-1-11(2-4-12)10-22-5-7-26-8-6-22/h1-4,9H,5-8,10H2,(H,24,25)(H2,19,20,21,23). The monoisotopic (exact) mass is 386 g/mol. The zero-order chi connectivity index (χ0) is 18.8. The number of carbonyl (C=O) groups is 2. The summed E-state index contributed by atoms with van der Waals surface area (Å²) >= 11 is 1.06. The maximum absolute atomic E-state index is 12.5. The number of aromatic nitrogens is 2. The number of benzene rings is 1. The highest BCUT2D eigenvalue weighted by molar-refractivity contribution is 7.20. The summed E-state index contributed by atoms with van der Waals surface area (Å²) < 4.78 is 5.35. The normalized spacial score (nSPS) is 15.1. The first kappa shape index (κ1) is 17.7. The van der Waals surface area contributed by atoms with E-state index in [1.807, 2.05) is 12.1 Å². The highest BCUT2D eigenvalue weighted by Gasteiger charge is 2.16. The zero-order valence-corrected chi connectivity index (χ0v) is 15.2. The van der Waals surface area contributed by atoms with Crippen LogP contribution in [0.2, 0.25) is 0 Å². The molecule has 0 radical (unpaired) electrons. The van der Waals surface area contributed by atoms with Gasteiger partial charge < -0.3 is 15.2 Å². The number of aromatic carboxylic acids is 1. The third-order valence-electron chi connectivity index (χ3n) is 4.43. The molecule has 3 heterocycles. The largest absolute Gasteiger partial charge is 0.477 e. The molecule has 0 saturated carbocycles. The number of H-pyrrole nitrogens is 1. The summed E-state index contributed by atoms with van der Waals surface area (Å²) in [6.45, 7) is 4.17. The molecule has 0 atom stereocenters. The number of ether oxygens (including phenoxy) is 1. The van der Waals surface area contributed by atoms with Gasteiger partial charge in [-0.3, -0.25) is 14.8 Å². The van der Waals surface area contributed by atoms with Crippen LogP contribution in [0.1, 0.15) is 25.6 Å². The van der Waals surface area contributed by atoms with E-state index >= 15 is 0 Å². The fourth-order valence-corrected chi connectivity index (χ4v) is 3.81. The lowest BCUT2D eigenvalue weighted by atomic mass is 10.1. The van der Waals surface area contributed by atoms with Gasteiger partial charge in [0.15, 0.2) is 0 Å². The average molecular weight is 386 g/mol. The first-order valence-electron chi connectivity index (χ1n) is 8.52. The highest BCUT2D eigenvalue weighted by atomic mass is 32.1. The van der Waals surface area contributed by atoms with Crippen molar-refractivity contribution in [3.05, 3.63) is 46.3 Å². The van der Waals surface area contributed by atoms with Crippen molar-refractivity contribution < 1.29 is 19.4 Å². The summed E-state index contributed by atoms with van der Waals surface area (Å²) in [7, 11) is 0. The summed E-state index contributed by atoms with van der Waals surface area (Å²) in [4.78, 5) is 26.6. The van der Waals surface area contributed by atoms with Crippen molar-refractivity contribution in [2.24, 2.45) is 0 Å². The molecular weight excluding hydrogens is 368 g/mol. The number of anilines is 1. The number of carbonyl (C=O) groups excluding carboxylic acids is 1. The number of hydrogen-bond donors (Lipinski definition) is 3. The number of rotatable bonds is 5. The van der Waals surface area contributed by atoms with E-state index in [0.717, 1.165) is 49.7 Å². The Kier molecular flexibility index (Phi) is 4.88. The molecule has 3 N–H and O–H groups in total. The van der Waals surface area contributed by atoms with Crippen molar-refractivity contribution in [2.75, 3.05) is 31.6 Å². The quantitative estimate of drug-likeness (QED) is 0.622. The van der Waals surface area contributed by atoms with Gasteiger partial charge in [-0.15, -0.1) is 11.3 Å². The van der Waals surface area contributed by atoms with Gasteiger partial charge in [-0.2, -0.15) is 5.10 Å². The molecule has 4 rings (SSSR count). The van der Waals surface area contributed by atoms with Crippen LogP contribution in [0.4, 0.5) is 5.82 Å². The number of fused-ring (bicyclic) bond motifs is 1. The second-order valence-corrected chi connectivity index (χ2v) is 7.30. The second-order valence-electron chi connectivity index (χ2n) is 6.27. The number of hydrogen-bond acceptors (Lipinski definition) is 6. The van der Waals surface area contributed by atoms with Crippen LogP contribution in [-0.4, -0.2) is 58.4 Å². The van der Waals surface area contributed by atoms with Gasteiger partial charge >= 0.3 is 5.97 Å². The molecule has 1 amide bonds. The highest BCUT2D eigenvalue weighted by Crippen LogP contribution is 2.29. The molecular formula is C18H18N4O4S. The molecule has 0 spiro atoms. The predicted octanol–water partition coefficient (Wildman–Crippen LogP) is 2.41. The fraction of sp³-hybridized carbons (Fsp3) is 0.278. The van der Waals surface area contributed by atoms with Gasteiger partial charge in [-0.25, -0.2) is 4.79 Å². The molecule has 0 unspecified atom stereocenters. The van der Waals surface area contributed by atoms with Crippen LogP contribution in [0.25, 0.3) is 10.2 Å². The van der Waals surface area contributed by atoms with Crippen LogP contribution < -0.4 is 5.32 Å². The molecule has 3 aromatic rings. The van der Waals surface area contributed by atoms with Crippen molar-refractivity contribution in [1.82, 2.24) is 15.1 Å². The van der Waals surface area contributed by atoms with Crippen LogP contribution in [0.3, 0.4) is 0 Å². The van der Waals surface area contributed by atoms with E-state index in [2.05, 4.69) is 20.4 Å². The fourth-order valence-electron chi connectivity index (χ4n) is 2.98. The molecule has 27 heavy (non-hydrogen) atoms. The molecule has 8 nitrogen and oxygen atoms in total. The Bertz CT molecular complexity index is 973. The van der Waals surface area contributed by atoms with Crippen LogP contribution >= 0.6 is 11.3 Å². The SMILES string of the molecule is O=C(Nc1[nH]nc2sc(C(=O)O)cc12)c1ccc(CN2CCOCC2)cc1. The molecule has 1 fully saturated rings. The average Bonchev–Trinajstić information content (AvgIpc) is 3.25. The van der Waals surface area contributed by atoms with E-state index in [9.17, 15) is 9.59 Å². The second kappa shape index (κ2) is 7.47. The molecule has 1 aromatic carbocycles. The topological polar surface area (TPSA) is 108 Å². The Hall–Kier alpha value is -2.75. The Morgan fingerprint density at radius 2 is 2.00 bits per heavy atom. The predicted molar refractivity (Wildman–Crippen MR) is 101 cm³/mol. The lowest BCUT2D eigenvalue weighted by Gasteiger charge is -2.26. The number of carboxylic acid groups (broad SMARTS) is 1. The molecule has 9 heteroatoms. The maximum Gasteiger partial charge on any atom is 0.345 e. The van der Waals surface area contributed by atoms with Crippen LogP contribution in [0.15, 0.2) is 30.3 Å². The smallest absolute Gasteiger partial charge is 0.345 e. The van der Waals surface area contributed by atoms with E-state index < -0.39 is 5.97 Å². The molecule has 140 valence electrons. The number of amides is 1. The third-order valence-corrected chi connectivity index (χ3v) is 5.44. The summed E-state index contributed by atoms with van der Waals surface area (Å²) in [6.07, 6.45) is 0. The van der Waals surface area contributed by atoms with E-state index in [0.29, 0.717) is 21.6 Å².